The molecule has 0 amide bonds. The zero-order valence-electron chi connectivity index (χ0n) is 10.4. The van der Waals surface area contributed by atoms with Crippen molar-refractivity contribution >= 4 is 17.4 Å². The molecule has 0 aliphatic carbocycles. The molecule has 0 aliphatic rings. The van der Waals surface area contributed by atoms with Gasteiger partial charge in [-0.25, -0.2) is 4.98 Å². The van der Waals surface area contributed by atoms with Crippen LogP contribution in [0.1, 0.15) is 35.2 Å². The molecule has 0 atom stereocenters. The van der Waals surface area contributed by atoms with Crippen molar-refractivity contribution in [3.05, 3.63) is 46.5 Å². The third-order valence-electron chi connectivity index (χ3n) is 2.57. The van der Waals surface area contributed by atoms with E-state index in [0.29, 0.717) is 23.0 Å². The van der Waals surface area contributed by atoms with Gasteiger partial charge >= 0.3 is 0 Å². The summed E-state index contributed by atoms with van der Waals surface area (Å²) in [5, 5.41) is 4.48. The Morgan fingerprint density at radius 3 is 2.89 bits per heavy atom. The summed E-state index contributed by atoms with van der Waals surface area (Å²) < 4.78 is 1.63. The average molecular weight is 264 g/mol. The minimum Gasteiger partial charge on any atom is -0.285 e. The average Bonchev–Trinajstić information content (AvgIpc) is 2.70. The van der Waals surface area contributed by atoms with Crippen molar-refractivity contribution in [1.29, 1.82) is 0 Å². The molecule has 0 saturated carbocycles. The van der Waals surface area contributed by atoms with Crippen LogP contribution in [0.15, 0.2) is 24.4 Å². The largest absolute Gasteiger partial charge is 0.285 e. The van der Waals surface area contributed by atoms with Crippen LogP contribution in [-0.4, -0.2) is 20.5 Å². The van der Waals surface area contributed by atoms with Gasteiger partial charge in [-0.2, -0.15) is 5.10 Å². The summed E-state index contributed by atoms with van der Waals surface area (Å²) in [7, 11) is 0. The second kappa shape index (κ2) is 5.31. The van der Waals surface area contributed by atoms with Crippen molar-refractivity contribution in [2.24, 2.45) is 0 Å². The summed E-state index contributed by atoms with van der Waals surface area (Å²) in [5.41, 5.74) is 1.62. The van der Waals surface area contributed by atoms with Crippen molar-refractivity contribution in [3.63, 3.8) is 0 Å². The van der Waals surface area contributed by atoms with Gasteiger partial charge in [-0.3, -0.25) is 9.48 Å². The number of hydrogen-bond acceptors (Lipinski definition) is 3. The fraction of sp³-hybridized carbons (Fsp3) is 0.308. The number of pyridine rings is 1. The molecule has 0 radical (unpaired) electrons. The number of halogens is 1. The maximum absolute atomic E-state index is 12.4. The lowest BCUT2D eigenvalue weighted by Gasteiger charge is -2.05. The minimum absolute atomic E-state index is 0.186. The topological polar surface area (TPSA) is 47.8 Å². The number of nitrogens with zero attached hydrogens (tertiary/aromatic N) is 3. The molecule has 0 spiro atoms. The highest BCUT2D eigenvalue weighted by atomic mass is 35.5. The van der Waals surface area contributed by atoms with E-state index in [4.69, 9.17) is 11.6 Å². The predicted octanol–water partition coefficient (Wildman–Crippen LogP) is 2.88. The Morgan fingerprint density at radius 1 is 1.44 bits per heavy atom. The zero-order chi connectivity index (χ0) is 13.1. The van der Waals surface area contributed by atoms with Crippen molar-refractivity contribution in [3.8, 4) is 0 Å². The lowest BCUT2D eigenvalue weighted by atomic mass is 10.2. The van der Waals surface area contributed by atoms with Crippen LogP contribution >= 0.6 is 11.6 Å². The van der Waals surface area contributed by atoms with Crippen LogP contribution in [-0.2, 0) is 6.54 Å². The molecule has 4 nitrogen and oxygen atoms in total. The normalized spacial score (nSPS) is 10.6. The Labute approximate surface area is 111 Å². The van der Waals surface area contributed by atoms with Gasteiger partial charge < -0.3 is 0 Å². The Kier molecular flexibility index (Phi) is 3.77. The quantitative estimate of drug-likeness (QED) is 0.797. The van der Waals surface area contributed by atoms with E-state index < -0.39 is 0 Å². The molecular weight excluding hydrogens is 250 g/mol. The Hall–Kier alpha value is -1.68. The number of hydrogen-bond donors (Lipinski definition) is 0. The Balaban J connectivity index is 2.42. The molecule has 0 aliphatic heterocycles. The molecule has 0 saturated heterocycles. The molecule has 0 bridgehead atoms. The maximum atomic E-state index is 12.4. The van der Waals surface area contributed by atoms with Crippen LogP contribution < -0.4 is 0 Å². The first-order valence-electron chi connectivity index (χ1n) is 5.83. The van der Waals surface area contributed by atoms with Gasteiger partial charge in [0.1, 0.15) is 11.4 Å². The van der Waals surface area contributed by atoms with Crippen molar-refractivity contribution in [1.82, 2.24) is 14.8 Å². The van der Waals surface area contributed by atoms with Gasteiger partial charge in [0, 0.05) is 12.2 Å². The summed E-state index contributed by atoms with van der Waals surface area (Å²) in [5.74, 6) is -0.186. The predicted molar refractivity (Wildman–Crippen MR) is 69.9 cm³/mol. The van der Waals surface area contributed by atoms with E-state index in [-0.39, 0.29) is 5.78 Å². The van der Waals surface area contributed by atoms with E-state index in [0.717, 1.165) is 12.1 Å². The van der Waals surface area contributed by atoms with Gasteiger partial charge in [-0.05, 0) is 25.5 Å². The fourth-order valence-corrected chi connectivity index (χ4v) is 1.99. The zero-order valence-corrected chi connectivity index (χ0v) is 11.1. The number of carbonyl (C=O) groups excluding carboxylic acids is 1. The SMILES string of the molecule is CCCn1ncc(Cl)c1C(=O)c1cccc(C)n1. The van der Waals surface area contributed by atoms with Gasteiger partial charge in [-0.1, -0.05) is 24.6 Å². The fourth-order valence-electron chi connectivity index (χ4n) is 1.76. The molecule has 5 heteroatoms. The van der Waals surface area contributed by atoms with Crippen LogP contribution in [0.5, 0.6) is 0 Å². The third kappa shape index (κ3) is 2.43. The van der Waals surface area contributed by atoms with E-state index >= 15 is 0 Å². The van der Waals surface area contributed by atoms with Crippen LogP contribution in [0.3, 0.4) is 0 Å². The molecule has 2 aromatic rings. The lowest BCUT2D eigenvalue weighted by Crippen LogP contribution is -2.13. The van der Waals surface area contributed by atoms with Crippen LogP contribution in [0.25, 0.3) is 0 Å². The Morgan fingerprint density at radius 2 is 2.22 bits per heavy atom. The van der Waals surface area contributed by atoms with Crippen LogP contribution in [0.2, 0.25) is 5.02 Å². The van der Waals surface area contributed by atoms with Gasteiger partial charge in [0.2, 0.25) is 5.78 Å². The van der Waals surface area contributed by atoms with Crippen molar-refractivity contribution < 1.29 is 4.79 Å². The van der Waals surface area contributed by atoms with Gasteiger partial charge in [0.05, 0.1) is 11.2 Å². The molecule has 2 heterocycles. The third-order valence-corrected chi connectivity index (χ3v) is 2.84. The molecule has 0 aromatic carbocycles. The van der Waals surface area contributed by atoms with Crippen LogP contribution in [0.4, 0.5) is 0 Å². The molecule has 0 fully saturated rings. The molecule has 2 rings (SSSR count). The highest BCUT2D eigenvalue weighted by Gasteiger charge is 2.19. The first kappa shape index (κ1) is 12.8. The summed E-state index contributed by atoms with van der Waals surface area (Å²) in [4.78, 5) is 16.6. The van der Waals surface area contributed by atoms with E-state index in [1.165, 1.54) is 6.20 Å². The number of aromatic nitrogens is 3. The number of aryl methyl sites for hydroxylation is 2. The molecule has 18 heavy (non-hydrogen) atoms. The second-order valence-corrected chi connectivity index (χ2v) is 4.46. The van der Waals surface area contributed by atoms with Gasteiger partial charge in [0.15, 0.2) is 0 Å². The first-order valence-corrected chi connectivity index (χ1v) is 6.21. The molecule has 0 unspecified atom stereocenters. The van der Waals surface area contributed by atoms with Crippen molar-refractivity contribution in [2.75, 3.05) is 0 Å². The van der Waals surface area contributed by atoms with Crippen molar-refractivity contribution in [2.45, 2.75) is 26.8 Å². The molecule has 2 aromatic heterocycles. The summed E-state index contributed by atoms with van der Waals surface area (Å²) in [6.45, 7) is 4.54. The molecular formula is C13H14ClN3O. The highest BCUT2D eigenvalue weighted by molar-refractivity contribution is 6.34. The number of rotatable bonds is 4. The van der Waals surface area contributed by atoms with Gasteiger partial charge in [-0.15, -0.1) is 0 Å². The first-order chi connectivity index (χ1) is 8.63. The molecule has 0 N–H and O–H groups in total. The molecule has 94 valence electrons. The summed E-state index contributed by atoms with van der Waals surface area (Å²) in [6.07, 6.45) is 2.39. The Bertz CT molecular complexity index is 577. The van der Waals surface area contributed by atoms with Crippen LogP contribution in [0, 0.1) is 6.92 Å². The van der Waals surface area contributed by atoms with E-state index in [1.807, 2.05) is 26.0 Å². The highest BCUT2D eigenvalue weighted by Crippen LogP contribution is 2.19. The van der Waals surface area contributed by atoms with E-state index in [9.17, 15) is 4.79 Å². The van der Waals surface area contributed by atoms with Gasteiger partial charge in [0.25, 0.3) is 0 Å². The maximum Gasteiger partial charge on any atom is 0.230 e. The number of carbonyl (C=O) groups is 1. The lowest BCUT2D eigenvalue weighted by molar-refractivity contribution is 0.102. The second-order valence-electron chi connectivity index (χ2n) is 4.06. The van der Waals surface area contributed by atoms with E-state index in [1.54, 1.807) is 10.7 Å². The number of ketones is 1. The monoisotopic (exact) mass is 263 g/mol. The van der Waals surface area contributed by atoms with E-state index in [2.05, 4.69) is 10.1 Å². The summed E-state index contributed by atoms with van der Waals surface area (Å²) >= 11 is 6.03. The standard InChI is InChI=1S/C13H14ClN3O/c1-3-7-17-12(10(14)8-15-17)13(18)11-6-4-5-9(2)16-11/h4-6,8H,3,7H2,1-2H3. The summed E-state index contributed by atoms with van der Waals surface area (Å²) in [6, 6.07) is 5.35. The minimum atomic E-state index is -0.186. The smallest absolute Gasteiger partial charge is 0.230 e.